The van der Waals surface area contributed by atoms with Gasteiger partial charge in [-0.3, -0.25) is 0 Å². The van der Waals surface area contributed by atoms with Gasteiger partial charge < -0.3 is 9.47 Å². The van der Waals surface area contributed by atoms with Crippen LogP contribution in [0.3, 0.4) is 0 Å². The number of ether oxygens (including phenoxy) is 2. The molecule has 0 unspecified atom stereocenters. The van der Waals surface area contributed by atoms with Crippen LogP contribution in [0.4, 0.5) is 0 Å². The van der Waals surface area contributed by atoms with E-state index in [1.165, 1.54) is 38.5 Å². The molecular formula is C10H22O2Se. The average Bonchev–Trinajstić information content (AvgIpc) is 2.24. The Morgan fingerprint density at radius 3 is 0.846 bits per heavy atom. The van der Waals surface area contributed by atoms with Crippen molar-refractivity contribution >= 4 is 17.1 Å². The fourth-order valence-electron chi connectivity index (χ4n) is 1.37. The van der Waals surface area contributed by atoms with E-state index in [-0.39, 0.29) is 17.1 Å². The van der Waals surface area contributed by atoms with E-state index in [0.717, 1.165) is 26.4 Å². The van der Waals surface area contributed by atoms with Gasteiger partial charge in [-0.15, -0.1) is 0 Å². The SMILES string of the molecule is C1CCOCC1.C1CCOCC1.[SeH2]. The van der Waals surface area contributed by atoms with E-state index in [0.29, 0.717) is 0 Å². The maximum absolute atomic E-state index is 5.07. The van der Waals surface area contributed by atoms with E-state index in [9.17, 15) is 0 Å². The predicted molar refractivity (Wildman–Crippen MR) is 57.9 cm³/mol. The van der Waals surface area contributed by atoms with E-state index < -0.39 is 0 Å². The molecule has 0 aromatic carbocycles. The van der Waals surface area contributed by atoms with Crippen LogP contribution < -0.4 is 0 Å². The summed E-state index contributed by atoms with van der Waals surface area (Å²) in [6, 6.07) is 0. The van der Waals surface area contributed by atoms with E-state index in [2.05, 4.69) is 0 Å². The van der Waals surface area contributed by atoms with Crippen molar-refractivity contribution in [3.8, 4) is 0 Å². The molecule has 2 aliphatic rings. The Balaban J connectivity index is 0.000000206. The fraction of sp³-hybridized carbons (Fsp3) is 1.00. The monoisotopic (exact) mass is 254 g/mol. The fourth-order valence-corrected chi connectivity index (χ4v) is 1.37. The summed E-state index contributed by atoms with van der Waals surface area (Å²) in [7, 11) is 0. The Kier molecular flexibility index (Phi) is 10.9. The van der Waals surface area contributed by atoms with Gasteiger partial charge in [-0.1, -0.05) is 0 Å². The summed E-state index contributed by atoms with van der Waals surface area (Å²) >= 11 is 0. The minimum absolute atomic E-state index is 0. The molecule has 0 bridgehead atoms. The van der Waals surface area contributed by atoms with Crippen LogP contribution in [-0.2, 0) is 9.47 Å². The summed E-state index contributed by atoms with van der Waals surface area (Å²) in [4.78, 5) is 0. The van der Waals surface area contributed by atoms with Gasteiger partial charge in [-0.2, -0.15) is 0 Å². The Bertz CT molecular complexity index is 55.9. The van der Waals surface area contributed by atoms with Gasteiger partial charge in [-0.25, -0.2) is 0 Å². The van der Waals surface area contributed by atoms with Crippen LogP contribution in [0.5, 0.6) is 0 Å². The first-order valence-corrected chi connectivity index (χ1v) is 5.15. The summed E-state index contributed by atoms with van der Waals surface area (Å²) in [6.07, 6.45) is 7.86. The van der Waals surface area contributed by atoms with Crippen molar-refractivity contribution in [2.75, 3.05) is 26.4 Å². The molecule has 13 heavy (non-hydrogen) atoms. The Morgan fingerprint density at radius 2 is 0.769 bits per heavy atom. The summed E-state index contributed by atoms with van der Waals surface area (Å²) in [5.41, 5.74) is 0. The van der Waals surface area contributed by atoms with Gasteiger partial charge in [-0.05, 0) is 38.5 Å². The molecule has 0 radical (unpaired) electrons. The molecule has 2 nitrogen and oxygen atoms in total. The van der Waals surface area contributed by atoms with Gasteiger partial charge in [0.1, 0.15) is 0 Å². The van der Waals surface area contributed by atoms with Crippen molar-refractivity contribution < 1.29 is 9.47 Å². The molecule has 0 aromatic rings. The summed E-state index contributed by atoms with van der Waals surface area (Å²) in [5, 5.41) is 0. The van der Waals surface area contributed by atoms with Gasteiger partial charge in [0.2, 0.25) is 0 Å². The molecule has 0 N–H and O–H groups in total. The first-order chi connectivity index (χ1) is 6.00. The molecular weight excluding hydrogens is 231 g/mol. The molecule has 0 aromatic heterocycles. The molecule has 2 rings (SSSR count). The van der Waals surface area contributed by atoms with Crippen molar-refractivity contribution in [2.24, 2.45) is 0 Å². The van der Waals surface area contributed by atoms with Crippen molar-refractivity contribution in [1.82, 2.24) is 0 Å². The molecule has 0 amide bonds. The minimum atomic E-state index is 0. The third-order valence-electron chi connectivity index (χ3n) is 2.15. The topological polar surface area (TPSA) is 18.5 Å². The van der Waals surface area contributed by atoms with Crippen LogP contribution in [0.2, 0.25) is 0 Å². The standard InChI is InChI=1S/2C5H10O.H2Se/c2*1-2-4-6-5-3-1;/h2*1-5H2;1H2. The Morgan fingerprint density at radius 1 is 0.462 bits per heavy atom. The second kappa shape index (κ2) is 10.5. The predicted octanol–water partition coefficient (Wildman–Crippen LogP) is 1.46. The van der Waals surface area contributed by atoms with Crippen LogP contribution >= 0.6 is 0 Å². The summed E-state index contributed by atoms with van der Waals surface area (Å²) < 4.78 is 10.1. The third-order valence-corrected chi connectivity index (χ3v) is 2.15. The van der Waals surface area contributed by atoms with E-state index >= 15 is 0 Å². The van der Waals surface area contributed by atoms with Crippen LogP contribution in [0, 0.1) is 0 Å². The van der Waals surface area contributed by atoms with Crippen molar-refractivity contribution in [3.63, 3.8) is 0 Å². The molecule has 3 heteroatoms. The number of rotatable bonds is 0. The van der Waals surface area contributed by atoms with Crippen molar-refractivity contribution in [2.45, 2.75) is 38.5 Å². The Labute approximate surface area is 91.8 Å². The average molecular weight is 253 g/mol. The van der Waals surface area contributed by atoms with E-state index in [4.69, 9.17) is 9.47 Å². The molecule has 2 fully saturated rings. The molecule has 0 atom stereocenters. The summed E-state index contributed by atoms with van der Waals surface area (Å²) in [6.45, 7) is 4.00. The van der Waals surface area contributed by atoms with Crippen LogP contribution in [0.15, 0.2) is 0 Å². The van der Waals surface area contributed by atoms with Gasteiger partial charge in [0.25, 0.3) is 0 Å². The summed E-state index contributed by atoms with van der Waals surface area (Å²) in [5.74, 6) is 0. The van der Waals surface area contributed by atoms with Crippen LogP contribution in [0.1, 0.15) is 38.5 Å². The van der Waals surface area contributed by atoms with Crippen molar-refractivity contribution in [1.29, 1.82) is 0 Å². The maximum atomic E-state index is 5.07. The quantitative estimate of drug-likeness (QED) is 0.608. The van der Waals surface area contributed by atoms with Gasteiger partial charge in [0, 0.05) is 26.4 Å². The van der Waals surface area contributed by atoms with E-state index in [1.807, 2.05) is 0 Å². The van der Waals surface area contributed by atoms with Crippen molar-refractivity contribution in [3.05, 3.63) is 0 Å². The van der Waals surface area contributed by atoms with E-state index in [1.54, 1.807) is 0 Å². The number of hydrogen-bond donors (Lipinski definition) is 0. The normalized spacial score (nSPS) is 22.2. The Hall–Kier alpha value is 0.439. The zero-order valence-corrected chi connectivity index (χ0v) is 10.5. The number of hydrogen-bond acceptors (Lipinski definition) is 2. The molecule has 2 saturated heterocycles. The van der Waals surface area contributed by atoms with Gasteiger partial charge >= 0.3 is 17.1 Å². The van der Waals surface area contributed by atoms with Gasteiger partial charge in [0.15, 0.2) is 0 Å². The van der Waals surface area contributed by atoms with Crippen LogP contribution in [-0.4, -0.2) is 43.5 Å². The second-order valence-electron chi connectivity index (χ2n) is 3.35. The zero-order chi connectivity index (χ0) is 8.49. The molecule has 2 aliphatic heterocycles. The molecule has 0 aliphatic carbocycles. The molecule has 0 spiro atoms. The first kappa shape index (κ1) is 13.4. The molecule has 80 valence electrons. The van der Waals surface area contributed by atoms with Crippen LogP contribution in [0.25, 0.3) is 0 Å². The zero-order valence-electron chi connectivity index (χ0n) is 8.39. The molecule has 0 saturated carbocycles. The second-order valence-corrected chi connectivity index (χ2v) is 3.35. The van der Waals surface area contributed by atoms with Gasteiger partial charge in [0.05, 0.1) is 0 Å². The third kappa shape index (κ3) is 8.76. The molecule has 2 heterocycles. The first-order valence-electron chi connectivity index (χ1n) is 5.15.